The van der Waals surface area contributed by atoms with E-state index in [1.807, 2.05) is 6.92 Å². The van der Waals surface area contributed by atoms with Gasteiger partial charge in [-0.25, -0.2) is 9.97 Å². The lowest BCUT2D eigenvalue weighted by Gasteiger charge is -2.11. The van der Waals surface area contributed by atoms with Crippen LogP contribution in [0.5, 0.6) is 0 Å². The first-order valence-electron chi connectivity index (χ1n) is 6.07. The fraction of sp³-hybridized carbons (Fsp3) is 0.667. The third kappa shape index (κ3) is 2.62. The second kappa shape index (κ2) is 4.68. The number of anilines is 2. The Balaban J connectivity index is 2.12. The summed E-state index contributed by atoms with van der Waals surface area (Å²) < 4.78 is 0. The molecular weight excluding hydrogens is 200 g/mol. The summed E-state index contributed by atoms with van der Waals surface area (Å²) >= 11 is 0. The maximum Gasteiger partial charge on any atom is 0.134 e. The van der Waals surface area contributed by atoms with Gasteiger partial charge >= 0.3 is 0 Å². The van der Waals surface area contributed by atoms with Gasteiger partial charge in [-0.1, -0.05) is 6.92 Å². The third-order valence-electron chi connectivity index (χ3n) is 2.96. The molecule has 4 nitrogen and oxygen atoms in total. The first-order valence-corrected chi connectivity index (χ1v) is 6.07. The van der Waals surface area contributed by atoms with Crippen molar-refractivity contribution >= 4 is 11.6 Å². The van der Waals surface area contributed by atoms with Crippen molar-refractivity contribution in [3.63, 3.8) is 0 Å². The highest BCUT2D eigenvalue weighted by Gasteiger charge is 2.21. The summed E-state index contributed by atoms with van der Waals surface area (Å²) in [6.45, 7) is 5.11. The summed E-state index contributed by atoms with van der Waals surface area (Å²) in [6, 6.07) is 0. The molecule has 1 aliphatic rings. The summed E-state index contributed by atoms with van der Waals surface area (Å²) in [5.41, 5.74) is 6.86. The van der Waals surface area contributed by atoms with Gasteiger partial charge in [0.2, 0.25) is 0 Å². The van der Waals surface area contributed by atoms with Crippen LogP contribution in [0.4, 0.5) is 11.6 Å². The monoisotopic (exact) mass is 220 g/mol. The van der Waals surface area contributed by atoms with E-state index in [0.717, 1.165) is 42.5 Å². The van der Waals surface area contributed by atoms with E-state index >= 15 is 0 Å². The van der Waals surface area contributed by atoms with E-state index in [1.54, 1.807) is 0 Å². The van der Waals surface area contributed by atoms with Gasteiger partial charge in [0, 0.05) is 18.5 Å². The average molecular weight is 220 g/mol. The zero-order chi connectivity index (χ0) is 11.5. The second-order valence-electron chi connectivity index (χ2n) is 4.57. The molecule has 0 bridgehead atoms. The highest BCUT2D eigenvalue weighted by atomic mass is 15.1. The average Bonchev–Trinajstić information content (AvgIpc) is 3.05. The molecule has 1 heterocycles. The molecule has 0 saturated heterocycles. The summed E-state index contributed by atoms with van der Waals surface area (Å²) in [7, 11) is 0. The van der Waals surface area contributed by atoms with Gasteiger partial charge in [0.05, 0.1) is 0 Å². The standard InChI is InChI=1S/C12H20N4/c1-3-4-10-15-11(13)8(2)12(16-10)14-7-9-5-6-9/h9H,3-7H2,1-2H3,(H3,13,14,15,16). The molecule has 0 unspecified atom stereocenters. The Morgan fingerprint density at radius 1 is 1.38 bits per heavy atom. The molecule has 0 spiro atoms. The molecule has 3 N–H and O–H groups in total. The Morgan fingerprint density at radius 2 is 2.12 bits per heavy atom. The van der Waals surface area contributed by atoms with E-state index in [2.05, 4.69) is 22.2 Å². The Kier molecular flexibility index (Phi) is 3.27. The Bertz CT molecular complexity index is 372. The Morgan fingerprint density at radius 3 is 2.75 bits per heavy atom. The van der Waals surface area contributed by atoms with Crippen LogP contribution in [0, 0.1) is 12.8 Å². The largest absolute Gasteiger partial charge is 0.383 e. The van der Waals surface area contributed by atoms with Gasteiger partial charge in [0.15, 0.2) is 0 Å². The predicted molar refractivity (Wildman–Crippen MR) is 66.4 cm³/mol. The quantitative estimate of drug-likeness (QED) is 0.798. The van der Waals surface area contributed by atoms with E-state index in [1.165, 1.54) is 12.8 Å². The fourth-order valence-electron chi connectivity index (χ4n) is 1.65. The molecule has 0 aromatic carbocycles. The molecule has 4 heteroatoms. The van der Waals surface area contributed by atoms with Gasteiger partial charge in [-0.05, 0) is 32.1 Å². The maximum atomic E-state index is 5.88. The molecule has 16 heavy (non-hydrogen) atoms. The fourth-order valence-corrected chi connectivity index (χ4v) is 1.65. The Labute approximate surface area is 96.7 Å². The molecule has 1 aromatic heterocycles. The number of aryl methyl sites for hydroxylation is 1. The van der Waals surface area contributed by atoms with Crippen molar-refractivity contribution in [1.29, 1.82) is 0 Å². The summed E-state index contributed by atoms with van der Waals surface area (Å²) in [5, 5.41) is 3.38. The van der Waals surface area contributed by atoms with Gasteiger partial charge in [0.1, 0.15) is 17.5 Å². The second-order valence-corrected chi connectivity index (χ2v) is 4.57. The van der Waals surface area contributed by atoms with Crippen molar-refractivity contribution in [2.45, 2.75) is 39.5 Å². The highest BCUT2D eigenvalue weighted by Crippen LogP contribution is 2.29. The molecule has 88 valence electrons. The summed E-state index contributed by atoms with van der Waals surface area (Å²) in [5.74, 6) is 3.22. The SMILES string of the molecule is CCCc1nc(N)c(C)c(NCC2CC2)n1. The molecule has 1 aliphatic carbocycles. The van der Waals surface area contributed by atoms with Crippen molar-refractivity contribution in [2.24, 2.45) is 5.92 Å². The van der Waals surface area contributed by atoms with E-state index in [-0.39, 0.29) is 0 Å². The van der Waals surface area contributed by atoms with E-state index in [0.29, 0.717) is 5.82 Å². The van der Waals surface area contributed by atoms with Crippen LogP contribution in [0.1, 0.15) is 37.6 Å². The normalized spacial score (nSPS) is 15.1. The number of nitrogens with two attached hydrogens (primary N) is 1. The van der Waals surface area contributed by atoms with Crippen LogP contribution >= 0.6 is 0 Å². The smallest absolute Gasteiger partial charge is 0.134 e. The van der Waals surface area contributed by atoms with Crippen molar-refractivity contribution in [2.75, 3.05) is 17.6 Å². The zero-order valence-electron chi connectivity index (χ0n) is 10.1. The first-order chi connectivity index (χ1) is 7.70. The molecule has 2 rings (SSSR count). The summed E-state index contributed by atoms with van der Waals surface area (Å²) in [4.78, 5) is 8.81. The van der Waals surface area contributed by atoms with Gasteiger partial charge < -0.3 is 11.1 Å². The molecule has 1 fully saturated rings. The van der Waals surface area contributed by atoms with Gasteiger partial charge in [-0.3, -0.25) is 0 Å². The minimum absolute atomic E-state index is 0.608. The lowest BCUT2D eigenvalue weighted by Crippen LogP contribution is -2.11. The molecule has 0 aliphatic heterocycles. The summed E-state index contributed by atoms with van der Waals surface area (Å²) in [6.07, 6.45) is 4.62. The van der Waals surface area contributed by atoms with E-state index < -0.39 is 0 Å². The van der Waals surface area contributed by atoms with Gasteiger partial charge in [-0.2, -0.15) is 0 Å². The van der Waals surface area contributed by atoms with Crippen LogP contribution in [-0.4, -0.2) is 16.5 Å². The molecule has 0 radical (unpaired) electrons. The minimum Gasteiger partial charge on any atom is -0.383 e. The topological polar surface area (TPSA) is 63.8 Å². The number of aromatic nitrogens is 2. The lowest BCUT2D eigenvalue weighted by atomic mass is 10.2. The van der Waals surface area contributed by atoms with Crippen molar-refractivity contribution in [3.05, 3.63) is 11.4 Å². The van der Waals surface area contributed by atoms with E-state index in [9.17, 15) is 0 Å². The van der Waals surface area contributed by atoms with Crippen molar-refractivity contribution in [3.8, 4) is 0 Å². The molecular formula is C12H20N4. The zero-order valence-corrected chi connectivity index (χ0v) is 10.1. The number of rotatable bonds is 5. The number of nitrogens with one attached hydrogen (secondary N) is 1. The number of nitrogen functional groups attached to an aromatic ring is 1. The van der Waals surface area contributed by atoms with Crippen molar-refractivity contribution < 1.29 is 0 Å². The minimum atomic E-state index is 0.608. The third-order valence-corrected chi connectivity index (χ3v) is 2.96. The van der Waals surface area contributed by atoms with Crippen LogP contribution in [0.15, 0.2) is 0 Å². The molecule has 1 saturated carbocycles. The lowest BCUT2D eigenvalue weighted by molar-refractivity contribution is 0.824. The predicted octanol–water partition coefficient (Wildman–Crippen LogP) is 2.14. The Hall–Kier alpha value is -1.32. The van der Waals surface area contributed by atoms with E-state index in [4.69, 9.17) is 5.73 Å². The van der Waals surface area contributed by atoms with Gasteiger partial charge in [-0.15, -0.1) is 0 Å². The van der Waals surface area contributed by atoms with Crippen molar-refractivity contribution in [1.82, 2.24) is 9.97 Å². The number of hydrogen-bond donors (Lipinski definition) is 2. The van der Waals surface area contributed by atoms with Crippen LogP contribution in [0.25, 0.3) is 0 Å². The molecule has 0 amide bonds. The van der Waals surface area contributed by atoms with Crippen LogP contribution in [-0.2, 0) is 6.42 Å². The maximum absolute atomic E-state index is 5.88. The van der Waals surface area contributed by atoms with Crippen LogP contribution < -0.4 is 11.1 Å². The number of nitrogens with zero attached hydrogens (tertiary/aromatic N) is 2. The molecule has 0 atom stereocenters. The van der Waals surface area contributed by atoms with Crippen LogP contribution in [0.3, 0.4) is 0 Å². The number of hydrogen-bond acceptors (Lipinski definition) is 4. The van der Waals surface area contributed by atoms with Crippen LogP contribution in [0.2, 0.25) is 0 Å². The molecule has 1 aromatic rings. The highest BCUT2D eigenvalue weighted by molar-refractivity contribution is 5.54. The first kappa shape index (κ1) is 11.2. The van der Waals surface area contributed by atoms with Gasteiger partial charge in [0.25, 0.3) is 0 Å².